The van der Waals surface area contributed by atoms with Crippen LogP contribution in [0.3, 0.4) is 0 Å². The number of aromatic nitrogens is 1. The van der Waals surface area contributed by atoms with Crippen molar-refractivity contribution in [1.82, 2.24) is 4.98 Å². The molecule has 17 heavy (non-hydrogen) atoms. The number of halogens is 1. The highest BCUT2D eigenvalue weighted by atomic mass is 79.9. The summed E-state index contributed by atoms with van der Waals surface area (Å²) in [5, 5.41) is 13.1. The first-order chi connectivity index (χ1) is 8.20. The zero-order chi connectivity index (χ0) is 12.3. The maximum Gasteiger partial charge on any atom is 0.144 e. The molecule has 1 N–H and O–H groups in total. The van der Waals surface area contributed by atoms with Crippen LogP contribution < -0.4 is 5.32 Å². The summed E-state index contributed by atoms with van der Waals surface area (Å²) in [5.41, 5.74) is 1.41. The van der Waals surface area contributed by atoms with Gasteiger partial charge in [-0.2, -0.15) is 5.26 Å². The van der Waals surface area contributed by atoms with Gasteiger partial charge in [-0.05, 0) is 12.1 Å². The molecule has 0 aliphatic carbocycles. The van der Waals surface area contributed by atoms with Crippen LogP contribution in [0.5, 0.6) is 0 Å². The lowest BCUT2D eigenvalue weighted by atomic mass is 10.1. The maximum atomic E-state index is 9.08. The van der Waals surface area contributed by atoms with Crippen molar-refractivity contribution in [3.8, 4) is 6.07 Å². The van der Waals surface area contributed by atoms with Crippen LogP contribution in [0.1, 0.15) is 5.56 Å². The normalized spacial score (nSPS) is 9.88. The Morgan fingerprint density at radius 2 is 2.24 bits per heavy atom. The van der Waals surface area contributed by atoms with E-state index in [-0.39, 0.29) is 0 Å². The summed E-state index contributed by atoms with van der Waals surface area (Å²) in [5.74, 6) is 0.590. The van der Waals surface area contributed by atoms with Gasteiger partial charge in [0.2, 0.25) is 0 Å². The van der Waals surface area contributed by atoms with Crippen molar-refractivity contribution in [3.05, 3.63) is 47.0 Å². The van der Waals surface area contributed by atoms with Crippen molar-refractivity contribution in [2.24, 2.45) is 0 Å². The monoisotopic (exact) mass is 287 g/mol. The van der Waals surface area contributed by atoms with Crippen LogP contribution in [0.4, 0.5) is 5.82 Å². The second kappa shape index (κ2) is 4.98. The average molecular weight is 288 g/mol. The molecule has 1 heterocycles. The molecule has 0 aliphatic heterocycles. The Kier molecular flexibility index (Phi) is 3.40. The van der Waals surface area contributed by atoms with Crippen LogP contribution >= 0.6 is 15.9 Å². The van der Waals surface area contributed by atoms with Gasteiger partial charge in [-0.3, -0.25) is 0 Å². The summed E-state index contributed by atoms with van der Waals surface area (Å²) in [4.78, 5) is 4.42. The number of hydrogen-bond acceptors (Lipinski definition) is 3. The highest BCUT2D eigenvalue weighted by molar-refractivity contribution is 9.11. The fourth-order valence-corrected chi connectivity index (χ4v) is 1.66. The summed E-state index contributed by atoms with van der Waals surface area (Å²) < 4.78 is 0.816. The lowest BCUT2D eigenvalue weighted by molar-refractivity contribution is 1.24. The van der Waals surface area contributed by atoms with E-state index in [1.165, 1.54) is 0 Å². The summed E-state index contributed by atoms with van der Waals surface area (Å²) in [6, 6.07) is 11.7. The van der Waals surface area contributed by atoms with Gasteiger partial charge in [-0.15, -0.1) is 0 Å². The first-order valence-electron chi connectivity index (χ1n) is 5.08. The van der Waals surface area contributed by atoms with Crippen LogP contribution in [0.2, 0.25) is 0 Å². The van der Waals surface area contributed by atoms with Crippen LogP contribution in [0, 0.1) is 11.3 Å². The highest BCUT2D eigenvalue weighted by Crippen LogP contribution is 2.20. The second-order valence-electron chi connectivity index (χ2n) is 3.56. The smallest absolute Gasteiger partial charge is 0.144 e. The topological polar surface area (TPSA) is 48.7 Å². The van der Waals surface area contributed by atoms with Gasteiger partial charge in [-0.1, -0.05) is 40.7 Å². The minimum absolute atomic E-state index is 0.539. The Labute approximate surface area is 108 Å². The number of nitriles is 1. The molecule has 0 spiro atoms. The number of fused-ring (bicyclic) bond motifs is 1. The van der Waals surface area contributed by atoms with Gasteiger partial charge in [0.25, 0.3) is 0 Å². The van der Waals surface area contributed by atoms with Gasteiger partial charge < -0.3 is 5.32 Å². The minimum Gasteiger partial charge on any atom is -0.364 e. The second-order valence-corrected chi connectivity index (χ2v) is 4.68. The molecule has 3 nitrogen and oxygen atoms in total. The highest BCUT2D eigenvalue weighted by Gasteiger charge is 2.05. The Hall–Kier alpha value is -1.86. The van der Waals surface area contributed by atoms with Crippen molar-refractivity contribution in [1.29, 1.82) is 5.26 Å². The number of pyridine rings is 1. The quantitative estimate of drug-likeness (QED) is 0.941. The number of benzene rings is 1. The van der Waals surface area contributed by atoms with Gasteiger partial charge in [-0.25, -0.2) is 4.98 Å². The molecular weight excluding hydrogens is 278 g/mol. The minimum atomic E-state index is 0.539. The molecule has 0 saturated heterocycles. The van der Waals surface area contributed by atoms with E-state index in [2.05, 4.69) is 38.9 Å². The molecule has 0 radical (unpaired) electrons. The summed E-state index contributed by atoms with van der Waals surface area (Å²) in [7, 11) is 0. The van der Waals surface area contributed by atoms with E-state index in [0.717, 1.165) is 15.4 Å². The van der Waals surface area contributed by atoms with Crippen molar-refractivity contribution in [2.45, 2.75) is 0 Å². The number of anilines is 1. The maximum absolute atomic E-state index is 9.08. The van der Waals surface area contributed by atoms with Gasteiger partial charge in [0.1, 0.15) is 11.9 Å². The Morgan fingerprint density at radius 1 is 1.47 bits per heavy atom. The first-order valence-corrected chi connectivity index (χ1v) is 5.87. The predicted octanol–water partition coefficient (Wildman–Crippen LogP) is 3.43. The van der Waals surface area contributed by atoms with E-state index in [1.807, 2.05) is 30.3 Å². The molecule has 1 aromatic heterocycles. The van der Waals surface area contributed by atoms with Crippen LogP contribution in [0.15, 0.2) is 41.4 Å². The molecule has 2 aromatic rings. The Bertz CT molecular complexity index is 614. The van der Waals surface area contributed by atoms with Crippen LogP contribution in [-0.4, -0.2) is 11.5 Å². The molecule has 0 bridgehead atoms. The summed E-state index contributed by atoms with van der Waals surface area (Å²) in [6.45, 7) is 4.27. The van der Waals surface area contributed by atoms with E-state index < -0.39 is 0 Å². The van der Waals surface area contributed by atoms with Crippen molar-refractivity contribution in [3.63, 3.8) is 0 Å². The third kappa shape index (κ3) is 2.63. The molecule has 0 fully saturated rings. The van der Waals surface area contributed by atoms with E-state index in [0.29, 0.717) is 17.9 Å². The van der Waals surface area contributed by atoms with E-state index in [1.54, 1.807) is 0 Å². The molecular formula is C13H10BrN3. The number of nitrogens with one attached hydrogen (secondary N) is 1. The molecule has 0 atom stereocenters. The van der Waals surface area contributed by atoms with E-state index >= 15 is 0 Å². The van der Waals surface area contributed by atoms with Crippen LogP contribution in [-0.2, 0) is 0 Å². The standard InChI is InChI=1S/C13H10BrN3/c1-9(14)8-16-13-11(7-15)6-10-4-2-3-5-12(10)17-13/h2-6H,1,8H2,(H,16,17). The third-order valence-electron chi connectivity index (χ3n) is 2.29. The lowest BCUT2D eigenvalue weighted by Gasteiger charge is -2.07. The molecule has 2 rings (SSSR count). The largest absolute Gasteiger partial charge is 0.364 e. The summed E-state index contributed by atoms with van der Waals surface area (Å²) in [6.07, 6.45) is 0. The van der Waals surface area contributed by atoms with Crippen LogP contribution in [0.25, 0.3) is 10.9 Å². The van der Waals surface area contributed by atoms with Gasteiger partial charge >= 0.3 is 0 Å². The van der Waals surface area contributed by atoms with Crippen molar-refractivity contribution in [2.75, 3.05) is 11.9 Å². The molecule has 0 aliphatic rings. The van der Waals surface area contributed by atoms with Crippen molar-refractivity contribution >= 4 is 32.7 Å². The lowest BCUT2D eigenvalue weighted by Crippen LogP contribution is -2.04. The van der Waals surface area contributed by atoms with Gasteiger partial charge in [0, 0.05) is 16.4 Å². The molecule has 84 valence electrons. The molecule has 0 amide bonds. The van der Waals surface area contributed by atoms with Gasteiger partial charge in [0.05, 0.1) is 11.1 Å². The number of rotatable bonds is 3. The number of nitrogens with zero attached hydrogens (tertiary/aromatic N) is 2. The molecule has 0 saturated carbocycles. The Morgan fingerprint density at radius 3 is 2.94 bits per heavy atom. The molecule has 0 unspecified atom stereocenters. The first kappa shape index (κ1) is 11.6. The number of para-hydroxylation sites is 1. The van der Waals surface area contributed by atoms with Crippen molar-refractivity contribution < 1.29 is 0 Å². The third-order valence-corrected chi connectivity index (χ3v) is 2.57. The fourth-order valence-electron chi connectivity index (χ4n) is 1.52. The van der Waals surface area contributed by atoms with E-state index in [9.17, 15) is 0 Å². The zero-order valence-corrected chi connectivity index (χ0v) is 10.7. The molecule has 4 heteroatoms. The predicted molar refractivity (Wildman–Crippen MR) is 73.0 cm³/mol. The molecule has 1 aromatic carbocycles. The van der Waals surface area contributed by atoms with Gasteiger partial charge in [0.15, 0.2) is 0 Å². The SMILES string of the molecule is C=C(Br)CNc1nc2ccccc2cc1C#N. The Balaban J connectivity index is 2.46. The summed E-state index contributed by atoms with van der Waals surface area (Å²) >= 11 is 3.26. The van der Waals surface area contributed by atoms with E-state index in [4.69, 9.17) is 5.26 Å². The fraction of sp³-hybridized carbons (Fsp3) is 0.0769. The number of hydrogen-bond donors (Lipinski definition) is 1. The average Bonchev–Trinajstić information content (AvgIpc) is 2.35. The zero-order valence-electron chi connectivity index (χ0n) is 9.07.